The van der Waals surface area contributed by atoms with E-state index in [9.17, 15) is 9.59 Å². The van der Waals surface area contributed by atoms with Crippen LogP contribution in [0.4, 0.5) is 10.8 Å². The molecule has 1 amide bonds. The van der Waals surface area contributed by atoms with Gasteiger partial charge in [-0.2, -0.15) is 0 Å². The van der Waals surface area contributed by atoms with E-state index in [-0.39, 0.29) is 5.69 Å². The van der Waals surface area contributed by atoms with Gasteiger partial charge in [-0.25, -0.2) is 9.78 Å². The Labute approximate surface area is 161 Å². The van der Waals surface area contributed by atoms with Crippen molar-refractivity contribution in [1.82, 2.24) is 4.98 Å². The number of carbonyl (C=O) groups is 2. The molecule has 138 valence electrons. The molecule has 7 heteroatoms. The van der Waals surface area contributed by atoms with Crippen molar-refractivity contribution < 1.29 is 14.3 Å². The number of nitrogens with zero attached hydrogens (tertiary/aromatic N) is 1. The molecule has 0 fully saturated rings. The summed E-state index contributed by atoms with van der Waals surface area (Å²) < 4.78 is 5.21. The Kier molecular flexibility index (Phi) is 6.17. The van der Waals surface area contributed by atoms with Crippen LogP contribution in [0.25, 0.3) is 0 Å². The Bertz CT molecular complexity index is 897. The molecule has 27 heavy (non-hydrogen) atoms. The number of hydrogen-bond donors (Lipinski definition) is 2. The second-order valence-electron chi connectivity index (χ2n) is 5.78. The van der Waals surface area contributed by atoms with Crippen LogP contribution in [0.1, 0.15) is 23.0 Å². The number of anilines is 2. The highest BCUT2D eigenvalue weighted by Gasteiger charge is 2.21. The standard InChI is InChI=1S/C20H19N3O3S/c1-14(18(24)22-16-10-6-3-7-11-16)26-19(25)17-13-27-20(23-17)21-12-15-8-4-2-5-9-15/h2-11,13-14H,12H2,1H3,(H,21,23)(H,22,24)/t14-/m0/s1. The van der Waals surface area contributed by atoms with E-state index < -0.39 is 18.0 Å². The summed E-state index contributed by atoms with van der Waals surface area (Å²) in [6.45, 7) is 2.13. The highest BCUT2D eigenvalue weighted by molar-refractivity contribution is 7.13. The molecule has 0 saturated heterocycles. The molecule has 2 aromatic carbocycles. The maximum absolute atomic E-state index is 12.2. The van der Waals surface area contributed by atoms with Crippen LogP contribution in [0, 0.1) is 0 Å². The van der Waals surface area contributed by atoms with Crippen molar-refractivity contribution >= 4 is 34.0 Å². The van der Waals surface area contributed by atoms with E-state index >= 15 is 0 Å². The fourth-order valence-electron chi connectivity index (χ4n) is 2.26. The van der Waals surface area contributed by atoms with Gasteiger partial charge in [0, 0.05) is 17.6 Å². The number of esters is 1. The third kappa shape index (κ3) is 5.39. The zero-order chi connectivity index (χ0) is 19.1. The summed E-state index contributed by atoms with van der Waals surface area (Å²) in [5.41, 5.74) is 1.93. The molecule has 1 atom stereocenters. The summed E-state index contributed by atoms with van der Waals surface area (Å²) in [5, 5.41) is 8.09. The van der Waals surface area contributed by atoms with Gasteiger partial charge in [0.1, 0.15) is 0 Å². The number of nitrogens with one attached hydrogen (secondary N) is 2. The normalized spacial score (nSPS) is 11.4. The van der Waals surface area contributed by atoms with E-state index in [0.29, 0.717) is 17.4 Å². The minimum Gasteiger partial charge on any atom is -0.448 e. The van der Waals surface area contributed by atoms with E-state index in [4.69, 9.17) is 4.74 Å². The fourth-order valence-corrected chi connectivity index (χ4v) is 2.94. The van der Waals surface area contributed by atoms with Gasteiger partial charge < -0.3 is 15.4 Å². The van der Waals surface area contributed by atoms with Gasteiger partial charge in [0.2, 0.25) is 0 Å². The average molecular weight is 381 g/mol. The van der Waals surface area contributed by atoms with Gasteiger partial charge in [0.05, 0.1) is 0 Å². The number of amides is 1. The van der Waals surface area contributed by atoms with Gasteiger partial charge in [0.25, 0.3) is 5.91 Å². The summed E-state index contributed by atoms with van der Waals surface area (Å²) >= 11 is 1.31. The summed E-state index contributed by atoms with van der Waals surface area (Å²) in [6.07, 6.45) is -0.930. The first kappa shape index (κ1) is 18.6. The van der Waals surface area contributed by atoms with Crippen LogP contribution >= 0.6 is 11.3 Å². The number of benzene rings is 2. The maximum atomic E-state index is 12.2. The minimum atomic E-state index is -0.930. The van der Waals surface area contributed by atoms with E-state index in [2.05, 4.69) is 15.6 Å². The summed E-state index contributed by atoms with van der Waals surface area (Å²) in [5.74, 6) is -1.03. The molecule has 0 radical (unpaired) electrons. The molecule has 0 saturated carbocycles. The average Bonchev–Trinajstić information content (AvgIpc) is 3.17. The van der Waals surface area contributed by atoms with Crippen molar-refractivity contribution in [2.45, 2.75) is 19.6 Å². The molecule has 0 unspecified atom stereocenters. The molecule has 0 spiro atoms. The Morgan fingerprint density at radius 2 is 1.74 bits per heavy atom. The van der Waals surface area contributed by atoms with Crippen LogP contribution in [-0.4, -0.2) is 23.0 Å². The number of para-hydroxylation sites is 1. The smallest absolute Gasteiger partial charge is 0.358 e. The van der Waals surface area contributed by atoms with Crippen LogP contribution < -0.4 is 10.6 Å². The van der Waals surface area contributed by atoms with Crippen LogP contribution in [0.15, 0.2) is 66.0 Å². The summed E-state index contributed by atoms with van der Waals surface area (Å²) in [7, 11) is 0. The van der Waals surface area contributed by atoms with Crippen LogP contribution in [0.3, 0.4) is 0 Å². The predicted octanol–water partition coefficient (Wildman–Crippen LogP) is 3.94. The maximum Gasteiger partial charge on any atom is 0.358 e. The van der Waals surface area contributed by atoms with Crippen molar-refractivity contribution in [1.29, 1.82) is 0 Å². The van der Waals surface area contributed by atoms with E-state index in [1.54, 1.807) is 17.5 Å². The number of thiazole rings is 1. The van der Waals surface area contributed by atoms with Crippen LogP contribution in [0.5, 0.6) is 0 Å². The second-order valence-corrected chi connectivity index (χ2v) is 6.64. The number of carbonyl (C=O) groups excluding carboxylic acids is 2. The Balaban J connectivity index is 1.51. The van der Waals surface area contributed by atoms with Crippen molar-refractivity contribution in [2.75, 3.05) is 10.6 Å². The Morgan fingerprint density at radius 1 is 1.07 bits per heavy atom. The quantitative estimate of drug-likeness (QED) is 0.606. The molecule has 3 aromatic rings. The first-order chi connectivity index (χ1) is 13.1. The van der Waals surface area contributed by atoms with E-state index in [1.807, 2.05) is 48.5 Å². The molecule has 0 aliphatic rings. The zero-order valence-electron chi connectivity index (χ0n) is 14.7. The van der Waals surface area contributed by atoms with Crippen molar-refractivity contribution in [3.05, 3.63) is 77.3 Å². The van der Waals surface area contributed by atoms with Crippen LogP contribution in [0.2, 0.25) is 0 Å². The monoisotopic (exact) mass is 381 g/mol. The molecule has 0 aliphatic carbocycles. The lowest BCUT2D eigenvalue weighted by Crippen LogP contribution is -2.30. The first-order valence-corrected chi connectivity index (χ1v) is 9.30. The molecule has 6 nitrogen and oxygen atoms in total. The molecule has 0 bridgehead atoms. The molecular weight excluding hydrogens is 362 g/mol. The summed E-state index contributed by atoms with van der Waals surface area (Å²) in [4.78, 5) is 28.6. The fraction of sp³-hybridized carbons (Fsp3) is 0.150. The topological polar surface area (TPSA) is 80.3 Å². The third-order valence-electron chi connectivity index (χ3n) is 3.69. The van der Waals surface area contributed by atoms with Gasteiger partial charge in [-0.05, 0) is 24.6 Å². The lowest BCUT2D eigenvalue weighted by atomic mass is 10.2. The number of hydrogen-bond acceptors (Lipinski definition) is 6. The van der Waals surface area contributed by atoms with Gasteiger partial charge in [0.15, 0.2) is 16.9 Å². The van der Waals surface area contributed by atoms with Gasteiger partial charge in [-0.3, -0.25) is 4.79 Å². The minimum absolute atomic E-state index is 0.176. The highest BCUT2D eigenvalue weighted by Crippen LogP contribution is 2.18. The lowest BCUT2D eigenvalue weighted by molar-refractivity contribution is -0.123. The number of aromatic nitrogens is 1. The molecule has 1 aromatic heterocycles. The van der Waals surface area contributed by atoms with Crippen molar-refractivity contribution in [3.8, 4) is 0 Å². The van der Waals surface area contributed by atoms with Gasteiger partial charge >= 0.3 is 5.97 Å². The van der Waals surface area contributed by atoms with Gasteiger partial charge in [-0.15, -0.1) is 11.3 Å². The second kappa shape index (κ2) is 8.95. The van der Waals surface area contributed by atoms with Crippen molar-refractivity contribution in [2.24, 2.45) is 0 Å². The number of ether oxygens (including phenoxy) is 1. The molecule has 2 N–H and O–H groups in total. The predicted molar refractivity (Wildman–Crippen MR) is 106 cm³/mol. The van der Waals surface area contributed by atoms with Crippen LogP contribution in [-0.2, 0) is 16.1 Å². The highest BCUT2D eigenvalue weighted by atomic mass is 32.1. The molecular formula is C20H19N3O3S. The summed E-state index contributed by atoms with van der Waals surface area (Å²) in [6, 6.07) is 18.9. The van der Waals surface area contributed by atoms with E-state index in [0.717, 1.165) is 5.56 Å². The lowest BCUT2D eigenvalue weighted by Gasteiger charge is -2.12. The largest absolute Gasteiger partial charge is 0.448 e. The number of rotatable bonds is 7. The Morgan fingerprint density at radius 3 is 2.44 bits per heavy atom. The Hall–Kier alpha value is -3.19. The molecule has 0 aliphatic heterocycles. The third-order valence-corrected chi connectivity index (χ3v) is 4.49. The molecule has 3 rings (SSSR count). The van der Waals surface area contributed by atoms with E-state index in [1.165, 1.54) is 18.3 Å². The van der Waals surface area contributed by atoms with Crippen molar-refractivity contribution in [3.63, 3.8) is 0 Å². The molecule has 1 heterocycles. The van der Waals surface area contributed by atoms with Gasteiger partial charge in [-0.1, -0.05) is 48.5 Å². The first-order valence-electron chi connectivity index (χ1n) is 8.42. The zero-order valence-corrected chi connectivity index (χ0v) is 15.5. The SMILES string of the molecule is C[C@H](OC(=O)c1csc(NCc2ccccc2)n1)C(=O)Nc1ccccc1.